The molecule has 0 amide bonds. The molecule has 348 valence electrons. The zero-order chi connectivity index (χ0) is 47.5. The molecule has 0 aliphatic carbocycles. The lowest BCUT2D eigenvalue weighted by Crippen LogP contribution is -2.09. The molecule has 2 aromatic heterocycles. The number of nitrogen functional groups attached to an aromatic ring is 1. The van der Waals surface area contributed by atoms with Gasteiger partial charge in [0, 0.05) is 36.2 Å². The van der Waals surface area contributed by atoms with E-state index in [2.05, 4.69) is 228 Å². The van der Waals surface area contributed by atoms with Crippen molar-refractivity contribution in [2.45, 2.75) is 116 Å². The van der Waals surface area contributed by atoms with E-state index in [4.69, 9.17) is 22.3 Å². The molecule has 0 fully saturated rings. The number of nitrogens with one attached hydrogen (secondary N) is 1. The lowest BCUT2D eigenvalue weighted by Gasteiger charge is -2.20. The number of aromatic nitrogens is 2. The van der Waals surface area contributed by atoms with Crippen molar-refractivity contribution in [3.8, 4) is 0 Å². The lowest BCUT2D eigenvalue weighted by molar-refractivity contribution is 0.411. The van der Waals surface area contributed by atoms with E-state index in [1.165, 1.54) is 43.8 Å². The summed E-state index contributed by atoms with van der Waals surface area (Å²) >= 11 is 13.5. The van der Waals surface area contributed by atoms with Gasteiger partial charge in [0.05, 0.1) is 16.7 Å². The number of hydrogen-bond acceptors (Lipinski definition) is 4. The summed E-state index contributed by atoms with van der Waals surface area (Å²) < 4.78 is 2.06. The van der Waals surface area contributed by atoms with Crippen LogP contribution in [-0.2, 0) is 25.7 Å². The van der Waals surface area contributed by atoms with Gasteiger partial charge in [0.2, 0.25) is 0 Å². The predicted octanol–water partition coefficient (Wildman–Crippen LogP) is 19.0. The lowest BCUT2D eigenvalue weighted by atomic mass is 9.87. The Bertz CT molecular complexity index is 2950. The Labute approximate surface area is 417 Å². The number of hydrogen-bond donors (Lipinski definition) is 2. The Hall–Kier alpha value is -4.49. The number of halogens is 3. The molecular formula is C59H71Br2ClN4. The molecule has 0 radical (unpaired) electrons. The molecule has 4 nitrogen and oxygen atoms in total. The molecule has 6 aromatic carbocycles. The van der Waals surface area contributed by atoms with Crippen molar-refractivity contribution < 1.29 is 0 Å². The van der Waals surface area contributed by atoms with Crippen LogP contribution >= 0.6 is 43.5 Å². The number of anilines is 3. The molecule has 8 rings (SSSR count). The van der Waals surface area contributed by atoms with E-state index in [1.54, 1.807) is 0 Å². The van der Waals surface area contributed by atoms with Crippen LogP contribution in [0.5, 0.6) is 0 Å². The first-order valence-corrected chi connectivity index (χ1v) is 24.6. The third-order valence-corrected chi connectivity index (χ3v) is 12.4. The summed E-state index contributed by atoms with van der Waals surface area (Å²) in [7, 11) is 0. The van der Waals surface area contributed by atoms with Crippen molar-refractivity contribution in [1.82, 2.24) is 9.97 Å². The molecule has 0 bridgehead atoms. The van der Waals surface area contributed by atoms with Crippen LogP contribution in [0.1, 0.15) is 113 Å². The highest BCUT2D eigenvalue weighted by Crippen LogP contribution is 2.36. The zero-order valence-corrected chi connectivity index (χ0v) is 44.4. The predicted molar refractivity (Wildman–Crippen MR) is 299 cm³/mol. The first-order chi connectivity index (χ1) is 30.3. The van der Waals surface area contributed by atoms with Crippen LogP contribution < -0.4 is 11.1 Å². The van der Waals surface area contributed by atoms with Gasteiger partial charge in [-0.2, -0.15) is 0 Å². The highest BCUT2D eigenvalue weighted by Gasteiger charge is 2.17. The number of benzene rings is 6. The molecule has 7 heteroatoms. The summed E-state index contributed by atoms with van der Waals surface area (Å²) in [5.74, 6) is 0.890. The standard InChI is InChI=1S/C29H33BrN2.C18H18ClN.C11H16BrN.CH4/c1-28(2,3)17-19-11-13-25-23(15-19)21-9-7-8-10-22(21)27(31-25)32-26-14-12-20(16-24(26)30)18-29(4,5)6;1-18(2,3)11-12-8-9-16-15(10-12)13-6-4-5-7-14(13)17(19)20-16;1-11(2,3)7-8-4-5-10(13)9(12)6-8;/h7-16H,17-18H2,1-6H3,(H,31,32);4-10H,11H2,1-3H3;4-6H,7,13H2,1-3H3;1H4. The molecule has 3 N–H and O–H groups in total. The van der Waals surface area contributed by atoms with E-state index in [0.29, 0.717) is 10.6 Å². The quantitative estimate of drug-likeness (QED) is 0.0990. The van der Waals surface area contributed by atoms with Crippen molar-refractivity contribution in [2.75, 3.05) is 11.1 Å². The summed E-state index contributed by atoms with van der Waals surface area (Å²) in [5, 5.41) is 11.1. The van der Waals surface area contributed by atoms with E-state index in [1.807, 2.05) is 18.2 Å². The first-order valence-electron chi connectivity index (χ1n) is 22.7. The molecule has 0 saturated carbocycles. The fourth-order valence-corrected chi connectivity index (χ4v) is 9.51. The molecule has 8 aromatic rings. The molecule has 0 aliphatic rings. The van der Waals surface area contributed by atoms with Crippen molar-refractivity contribution in [1.29, 1.82) is 0 Å². The summed E-state index contributed by atoms with van der Waals surface area (Å²) in [6.45, 7) is 27.1. The third kappa shape index (κ3) is 14.8. The molecule has 0 spiro atoms. The third-order valence-electron chi connectivity index (χ3n) is 10.8. The number of fused-ring (bicyclic) bond motifs is 6. The number of rotatable bonds is 6. The highest BCUT2D eigenvalue weighted by atomic mass is 79.9. The van der Waals surface area contributed by atoms with Crippen molar-refractivity contribution in [2.24, 2.45) is 21.7 Å². The van der Waals surface area contributed by atoms with Crippen LogP contribution in [0.25, 0.3) is 43.4 Å². The average Bonchev–Trinajstić information content (AvgIpc) is 3.19. The minimum Gasteiger partial charge on any atom is -0.398 e. The first kappa shape index (κ1) is 52.5. The van der Waals surface area contributed by atoms with Crippen molar-refractivity contribution >= 4 is 104 Å². The van der Waals surface area contributed by atoms with E-state index >= 15 is 0 Å². The molecule has 2 heterocycles. The highest BCUT2D eigenvalue weighted by molar-refractivity contribution is 9.11. The second-order valence-corrected chi connectivity index (χ2v) is 24.5. The van der Waals surface area contributed by atoms with Crippen LogP contribution in [0.3, 0.4) is 0 Å². The van der Waals surface area contributed by atoms with Gasteiger partial charge in [-0.1, -0.05) is 175 Å². The second kappa shape index (κ2) is 21.2. The molecule has 0 saturated heterocycles. The smallest absolute Gasteiger partial charge is 0.139 e. The maximum absolute atomic E-state index is 6.27. The monoisotopic (exact) mass is 1030 g/mol. The SMILES string of the molecule is C.CC(C)(C)Cc1ccc(N)c(Br)c1.CC(C)(C)Cc1ccc(Nc2nc3ccc(CC(C)(C)C)cc3c3ccccc23)c(Br)c1.CC(C)(C)Cc1ccc2nc(Cl)c3ccccc3c2c1. The van der Waals surface area contributed by atoms with Crippen molar-refractivity contribution in [3.05, 3.63) is 158 Å². The van der Waals surface area contributed by atoms with Crippen LogP contribution in [0.15, 0.2) is 130 Å². The second-order valence-electron chi connectivity index (χ2n) is 22.4. The number of pyridine rings is 2. The summed E-state index contributed by atoms with van der Waals surface area (Å²) in [6.07, 6.45) is 4.22. The average molecular weight is 1030 g/mol. The molecule has 66 heavy (non-hydrogen) atoms. The maximum Gasteiger partial charge on any atom is 0.139 e. The summed E-state index contributed by atoms with van der Waals surface area (Å²) in [5.41, 5.74) is 16.0. The van der Waals surface area contributed by atoms with Gasteiger partial charge >= 0.3 is 0 Å². The van der Waals surface area contributed by atoms with Crippen LogP contribution in [0.2, 0.25) is 5.15 Å². The van der Waals surface area contributed by atoms with Crippen LogP contribution in [0.4, 0.5) is 17.2 Å². The Morgan fingerprint density at radius 2 is 0.833 bits per heavy atom. The Kier molecular flexibility index (Phi) is 16.9. The topological polar surface area (TPSA) is 63.8 Å². The Balaban J connectivity index is 0.000000205. The van der Waals surface area contributed by atoms with Gasteiger partial charge in [-0.05, 0) is 161 Å². The Morgan fingerprint density at radius 1 is 0.455 bits per heavy atom. The van der Waals surface area contributed by atoms with E-state index in [-0.39, 0.29) is 23.7 Å². The minimum atomic E-state index is 0. The van der Waals surface area contributed by atoms with Gasteiger partial charge in [0.25, 0.3) is 0 Å². The fourth-order valence-electron chi connectivity index (χ4n) is 8.30. The molecule has 0 atom stereocenters. The van der Waals surface area contributed by atoms with Gasteiger partial charge in [0.15, 0.2) is 0 Å². The van der Waals surface area contributed by atoms with Gasteiger partial charge in [-0.15, -0.1) is 0 Å². The molecule has 0 unspecified atom stereocenters. The van der Waals surface area contributed by atoms with E-state index in [9.17, 15) is 0 Å². The van der Waals surface area contributed by atoms with Gasteiger partial charge in [0.1, 0.15) is 11.0 Å². The molecule has 0 aliphatic heterocycles. The molecular weight excluding hydrogens is 960 g/mol. The fraction of sp³-hybridized carbons (Fsp3) is 0.356. The van der Waals surface area contributed by atoms with Gasteiger partial charge in [-0.3, -0.25) is 0 Å². The maximum atomic E-state index is 6.27. The number of nitrogens with zero attached hydrogens (tertiary/aromatic N) is 2. The van der Waals surface area contributed by atoms with Crippen molar-refractivity contribution in [3.63, 3.8) is 0 Å². The summed E-state index contributed by atoms with van der Waals surface area (Å²) in [6, 6.07) is 42.7. The van der Waals surface area contributed by atoms with E-state index < -0.39 is 0 Å². The normalized spacial score (nSPS) is 12.0. The zero-order valence-electron chi connectivity index (χ0n) is 40.5. The summed E-state index contributed by atoms with van der Waals surface area (Å²) in [4.78, 5) is 9.53. The largest absolute Gasteiger partial charge is 0.398 e. The van der Waals surface area contributed by atoms with Gasteiger partial charge < -0.3 is 11.1 Å². The van der Waals surface area contributed by atoms with Crippen LogP contribution in [-0.4, -0.2) is 9.97 Å². The van der Waals surface area contributed by atoms with Crippen LogP contribution in [0, 0.1) is 21.7 Å². The van der Waals surface area contributed by atoms with E-state index in [0.717, 1.165) is 73.6 Å². The van der Waals surface area contributed by atoms with Gasteiger partial charge in [-0.25, -0.2) is 9.97 Å². The number of nitrogens with two attached hydrogens (primary N) is 1. The minimum absolute atomic E-state index is 0. The Morgan fingerprint density at radius 3 is 1.29 bits per heavy atom.